The van der Waals surface area contributed by atoms with Crippen LogP contribution in [0.15, 0.2) is 21.8 Å². The van der Waals surface area contributed by atoms with Gasteiger partial charge in [0.15, 0.2) is 6.29 Å². The molecule has 8 nitrogen and oxygen atoms in total. The lowest BCUT2D eigenvalue weighted by Crippen LogP contribution is -2.31. The first-order valence-electron chi connectivity index (χ1n) is 11.7. The molecule has 2 aromatic heterocycles. The Kier molecular flexibility index (Phi) is 6.02. The van der Waals surface area contributed by atoms with Crippen LogP contribution in [0.25, 0.3) is 22.3 Å². The van der Waals surface area contributed by atoms with Gasteiger partial charge in [0.1, 0.15) is 11.9 Å². The van der Waals surface area contributed by atoms with Gasteiger partial charge in [-0.3, -0.25) is 9.69 Å². The van der Waals surface area contributed by atoms with E-state index in [4.69, 9.17) is 9.72 Å². The molecule has 2 N–H and O–H groups in total. The Hall–Kier alpha value is -2.20. The molecule has 3 aromatic rings. The van der Waals surface area contributed by atoms with Gasteiger partial charge in [0, 0.05) is 79.1 Å². The lowest BCUT2D eigenvalue weighted by atomic mass is 9.93. The maximum atomic E-state index is 14.9. The van der Waals surface area contributed by atoms with Crippen LogP contribution < -0.4 is 5.56 Å². The van der Waals surface area contributed by atoms with Crippen LogP contribution in [-0.2, 0) is 22.7 Å². The molecule has 1 fully saturated rings. The van der Waals surface area contributed by atoms with Crippen LogP contribution in [0.4, 0.5) is 4.39 Å². The highest BCUT2D eigenvalue weighted by Gasteiger charge is 2.38. The molecular formula is C25H25FN3O5PS. The van der Waals surface area contributed by atoms with E-state index in [0.29, 0.717) is 40.8 Å². The molecule has 0 bridgehead atoms. The summed E-state index contributed by atoms with van der Waals surface area (Å²) in [6, 6.07) is 3.08. The molecule has 0 saturated carbocycles. The summed E-state index contributed by atoms with van der Waals surface area (Å²) in [6.45, 7) is 2.80. The normalized spacial score (nSPS) is 21.6. The summed E-state index contributed by atoms with van der Waals surface area (Å²) in [5, 5.41) is 11.3. The Morgan fingerprint density at radius 1 is 1.42 bits per heavy atom. The van der Waals surface area contributed by atoms with Crippen LogP contribution in [0.2, 0.25) is 0 Å². The number of hydrogen-bond acceptors (Lipinski definition) is 8. The Bertz CT molecular complexity index is 1500. The van der Waals surface area contributed by atoms with E-state index in [2.05, 4.69) is 4.90 Å². The van der Waals surface area contributed by atoms with Crippen molar-refractivity contribution in [2.75, 3.05) is 31.9 Å². The van der Waals surface area contributed by atoms with Crippen LogP contribution in [0.3, 0.4) is 0 Å². The largest absolute Gasteiger partial charge is 0.381 e. The van der Waals surface area contributed by atoms with Gasteiger partial charge >= 0.3 is 0 Å². The van der Waals surface area contributed by atoms with Gasteiger partial charge in [-0.1, -0.05) is 0 Å². The lowest BCUT2D eigenvalue weighted by Gasteiger charge is -2.34. The van der Waals surface area contributed by atoms with Crippen molar-refractivity contribution in [1.82, 2.24) is 14.5 Å². The van der Waals surface area contributed by atoms with Gasteiger partial charge in [0.2, 0.25) is 0 Å². The number of aliphatic hydroxyl groups excluding tert-OH is 1. The topological polar surface area (TPSA) is 105 Å². The number of nitrogens with zero attached hydrogens (tertiary/aromatic N) is 3. The van der Waals surface area contributed by atoms with Crippen LogP contribution >= 0.6 is 19.9 Å². The van der Waals surface area contributed by atoms with Crippen molar-refractivity contribution >= 4 is 37.1 Å². The molecule has 0 amide bonds. The summed E-state index contributed by atoms with van der Waals surface area (Å²) < 4.78 is 21.7. The third-order valence-electron chi connectivity index (χ3n) is 7.44. The van der Waals surface area contributed by atoms with Crippen molar-refractivity contribution in [2.24, 2.45) is 0 Å². The van der Waals surface area contributed by atoms with Crippen molar-refractivity contribution < 1.29 is 23.9 Å². The van der Waals surface area contributed by atoms with E-state index in [1.54, 1.807) is 29.3 Å². The van der Waals surface area contributed by atoms with Crippen LogP contribution in [0.5, 0.6) is 0 Å². The highest BCUT2D eigenvalue weighted by atomic mass is 32.2. The maximum Gasteiger partial charge on any atom is 0.257 e. The molecule has 1 saturated heterocycles. The van der Waals surface area contributed by atoms with Crippen LogP contribution in [0.1, 0.15) is 40.0 Å². The number of aliphatic hydroxyl groups is 1. The van der Waals surface area contributed by atoms with E-state index < -0.39 is 14.3 Å². The maximum absolute atomic E-state index is 14.9. The summed E-state index contributed by atoms with van der Waals surface area (Å²) in [5.41, 5.74) is 4.17. The predicted octanol–water partition coefficient (Wildman–Crippen LogP) is 3.06. The Balaban J connectivity index is 1.65. The molecule has 6 rings (SSSR count). The predicted molar refractivity (Wildman–Crippen MR) is 136 cm³/mol. The standard InChI is InChI=1S/C25H25FN3O5PS/c1-12-16(26)6-17-22-21(19(10-36-24(12)22)28-3-4-35(33)11-28)14-7-29-18(23(14)27-17)5-13(20(31)8-30)15(9-34-2)25(29)32/h5-6,8,19-20,31,33H,3-4,7,9-11H2,1-2H3. The number of thioether (sulfide) groups is 1. The first-order chi connectivity index (χ1) is 17.3. The van der Waals surface area contributed by atoms with E-state index in [1.165, 1.54) is 13.2 Å². The Labute approximate surface area is 211 Å². The molecule has 0 spiro atoms. The summed E-state index contributed by atoms with van der Waals surface area (Å²) in [5.74, 6) is 0.381. The molecule has 36 heavy (non-hydrogen) atoms. The summed E-state index contributed by atoms with van der Waals surface area (Å²) in [4.78, 5) is 43.3. The number of ether oxygens (including phenoxy) is 1. The third-order valence-corrected chi connectivity index (χ3v) is 10.1. The zero-order chi connectivity index (χ0) is 25.3. The van der Waals surface area contributed by atoms with Gasteiger partial charge in [-0.15, -0.1) is 11.8 Å². The van der Waals surface area contributed by atoms with Gasteiger partial charge in [-0.2, -0.15) is 0 Å². The van der Waals surface area contributed by atoms with E-state index in [1.807, 2.05) is 0 Å². The molecule has 0 aliphatic carbocycles. The smallest absolute Gasteiger partial charge is 0.257 e. The van der Waals surface area contributed by atoms with E-state index in [-0.39, 0.29) is 41.7 Å². The minimum atomic E-state index is -1.47. The quantitative estimate of drug-likeness (QED) is 0.300. The number of carbonyl (C=O) groups excluding carboxylic acids is 1. The summed E-state index contributed by atoms with van der Waals surface area (Å²) in [6.07, 6.45) is 0.294. The first kappa shape index (κ1) is 24.2. The summed E-state index contributed by atoms with van der Waals surface area (Å²) in [7, 11) is 0.417. The monoisotopic (exact) mass is 529 g/mol. The fraction of sp³-hybridized carbons (Fsp3) is 0.400. The van der Waals surface area contributed by atoms with Gasteiger partial charge in [-0.25, -0.2) is 9.37 Å². The van der Waals surface area contributed by atoms with E-state index in [0.717, 1.165) is 34.1 Å². The van der Waals surface area contributed by atoms with Crippen molar-refractivity contribution in [2.45, 2.75) is 37.1 Å². The number of fused-ring (bicyclic) bond motifs is 4. The second-order valence-corrected chi connectivity index (χ2v) is 12.2. The average molecular weight is 530 g/mol. The molecule has 0 radical (unpaired) electrons. The van der Waals surface area contributed by atoms with E-state index in [9.17, 15) is 24.0 Å². The number of halogens is 1. The molecule has 1 aromatic carbocycles. The molecular weight excluding hydrogens is 504 g/mol. The number of hydrogen-bond donors (Lipinski definition) is 2. The van der Waals surface area contributed by atoms with Crippen molar-refractivity contribution in [3.8, 4) is 11.4 Å². The fourth-order valence-electron chi connectivity index (χ4n) is 5.68. The van der Waals surface area contributed by atoms with Crippen LogP contribution in [-0.4, -0.2) is 62.6 Å². The lowest BCUT2D eigenvalue weighted by molar-refractivity contribution is -0.115. The number of pyridine rings is 2. The number of carbonyl (C=O) groups is 1. The highest BCUT2D eigenvalue weighted by molar-refractivity contribution is 7.99. The molecule has 188 valence electrons. The Morgan fingerprint density at radius 3 is 2.92 bits per heavy atom. The van der Waals surface area contributed by atoms with Crippen LogP contribution in [0, 0.1) is 12.7 Å². The number of aromatic nitrogens is 2. The van der Waals surface area contributed by atoms with Gasteiger partial charge in [-0.05, 0) is 24.1 Å². The zero-order valence-corrected chi connectivity index (χ0v) is 21.5. The van der Waals surface area contributed by atoms with Crippen molar-refractivity contribution in [3.63, 3.8) is 0 Å². The first-order valence-corrected chi connectivity index (χ1v) is 14.3. The SMILES string of the molecule is COCc1c(C(O)C=O)cc2n(c1=O)Cc1c-2nc2cc(F)c(C)c3c2c1C(N1CCP(O)C1)CS3. The highest BCUT2D eigenvalue weighted by Crippen LogP contribution is 2.51. The minimum Gasteiger partial charge on any atom is -0.381 e. The zero-order valence-electron chi connectivity index (χ0n) is 19.8. The molecule has 3 unspecified atom stereocenters. The van der Waals surface area contributed by atoms with E-state index >= 15 is 0 Å². The number of rotatable bonds is 5. The molecule has 5 heterocycles. The third kappa shape index (κ3) is 3.50. The van der Waals surface area contributed by atoms with Gasteiger partial charge in [0.25, 0.3) is 5.56 Å². The molecule has 3 aliphatic heterocycles. The second-order valence-electron chi connectivity index (χ2n) is 9.44. The average Bonchev–Trinajstić information content (AvgIpc) is 3.47. The number of methoxy groups -OCH3 is 1. The van der Waals surface area contributed by atoms with Gasteiger partial charge < -0.3 is 24.1 Å². The number of benzene rings is 1. The molecule has 11 heteroatoms. The fourth-order valence-corrected chi connectivity index (χ4v) is 8.44. The molecule has 3 aliphatic rings. The van der Waals surface area contributed by atoms with Crippen molar-refractivity contribution in [3.05, 3.63) is 56.1 Å². The molecule has 3 atom stereocenters. The summed E-state index contributed by atoms with van der Waals surface area (Å²) >= 11 is 1.62. The Morgan fingerprint density at radius 2 is 2.22 bits per heavy atom. The van der Waals surface area contributed by atoms with Crippen molar-refractivity contribution in [1.29, 1.82) is 0 Å². The second kappa shape index (κ2) is 8.97. The number of aldehydes is 1. The minimum absolute atomic E-state index is 0.00485. The van der Waals surface area contributed by atoms with Gasteiger partial charge in [0.05, 0.1) is 30.1 Å².